The Balaban J connectivity index is 1.71. The summed E-state index contributed by atoms with van der Waals surface area (Å²) in [5, 5.41) is 2.81. The highest BCUT2D eigenvalue weighted by Gasteiger charge is 2.25. The predicted molar refractivity (Wildman–Crippen MR) is 126 cm³/mol. The SMILES string of the molecule is Cc1cc(C)c(S(=O)(=O)Nc2cc3c4c(oc3c3ccccc23)CC[C@H](C)C4)cc1C. The maximum atomic E-state index is 13.4. The number of fused-ring (bicyclic) bond motifs is 5. The van der Waals surface area contributed by atoms with Crippen LogP contribution in [0.3, 0.4) is 0 Å². The number of benzene rings is 3. The molecule has 4 nitrogen and oxygen atoms in total. The molecule has 0 spiro atoms. The topological polar surface area (TPSA) is 59.3 Å². The maximum Gasteiger partial charge on any atom is 0.262 e. The highest BCUT2D eigenvalue weighted by atomic mass is 32.2. The van der Waals surface area contributed by atoms with Crippen LogP contribution in [-0.2, 0) is 22.9 Å². The minimum atomic E-state index is -3.74. The van der Waals surface area contributed by atoms with Crippen LogP contribution in [0.15, 0.2) is 51.8 Å². The van der Waals surface area contributed by atoms with E-state index in [2.05, 4.69) is 11.6 Å². The van der Waals surface area contributed by atoms with Crippen molar-refractivity contribution < 1.29 is 12.8 Å². The molecule has 0 bridgehead atoms. The number of nitrogens with one attached hydrogen (secondary N) is 1. The summed E-state index contributed by atoms with van der Waals surface area (Å²) in [6.07, 6.45) is 3.02. The minimum absolute atomic E-state index is 0.322. The van der Waals surface area contributed by atoms with E-state index < -0.39 is 10.0 Å². The highest BCUT2D eigenvalue weighted by molar-refractivity contribution is 7.92. The molecule has 0 amide bonds. The molecule has 1 N–H and O–H groups in total. The normalized spacial score (nSPS) is 16.6. The lowest BCUT2D eigenvalue weighted by Gasteiger charge is -2.17. The summed E-state index contributed by atoms with van der Waals surface area (Å²) in [5.41, 5.74) is 5.48. The monoisotopic (exact) mass is 433 g/mol. The van der Waals surface area contributed by atoms with E-state index in [1.165, 1.54) is 5.56 Å². The average Bonchev–Trinajstić information content (AvgIpc) is 3.08. The molecule has 0 saturated carbocycles. The molecule has 0 aliphatic heterocycles. The first kappa shape index (κ1) is 20.1. The van der Waals surface area contributed by atoms with Crippen LogP contribution in [0.1, 0.15) is 41.4 Å². The van der Waals surface area contributed by atoms with Gasteiger partial charge in [0.25, 0.3) is 10.0 Å². The lowest BCUT2D eigenvalue weighted by atomic mass is 9.87. The second kappa shape index (κ2) is 7.13. The number of hydrogen-bond donors (Lipinski definition) is 1. The number of rotatable bonds is 3. The Labute approximate surface area is 183 Å². The Morgan fingerprint density at radius 3 is 2.42 bits per heavy atom. The summed E-state index contributed by atoms with van der Waals surface area (Å²) < 4.78 is 36.0. The first-order valence-electron chi connectivity index (χ1n) is 10.8. The van der Waals surface area contributed by atoms with Crippen LogP contribution >= 0.6 is 0 Å². The van der Waals surface area contributed by atoms with Gasteiger partial charge in [0, 0.05) is 28.1 Å². The van der Waals surface area contributed by atoms with Gasteiger partial charge in [-0.2, -0.15) is 0 Å². The van der Waals surface area contributed by atoms with E-state index in [-0.39, 0.29) is 0 Å². The van der Waals surface area contributed by atoms with E-state index in [9.17, 15) is 8.42 Å². The molecule has 0 fully saturated rings. The quantitative estimate of drug-likeness (QED) is 0.405. The number of anilines is 1. The molecule has 3 aromatic carbocycles. The van der Waals surface area contributed by atoms with Gasteiger partial charge >= 0.3 is 0 Å². The van der Waals surface area contributed by atoms with Gasteiger partial charge in [-0.15, -0.1) is 0 Å². The van der Waals surface area contributed by atoms with E-state index in [1.54, 1.807) is 6.07 Å². The van der Waals surface area contributed by atoms with Gasteiger partial charge in [-0.3, -0.25) is 4.72 Å². The zero-order chi connectivity index (χ0) is 21.9. The van der Waals surface area contributed by atoms with Crippen LogP contribution in [0.5, 0.6) is 0 Å². The number of furan rings is 1. The summed E-state index contributed by atoms with van der Waals surface area (Å²) in [5.74, 6) is 1.64. The zero-order valence-corrected chi connectivity index (χ0v) is 19.2. The Kier molecular flexibility index (Phi) is 4.63. The summed E-state index contributed by atoms with van der Waals surface area (Å²) in [7, 11) is -3.74. The first-order chi connectivity index (χ1) is 14.7. The predicted octanol–water partition coefficient (Wildman–Crippen LogP) is 6.44. The third-order valence-corrected chi connectivity index (χ3v) is 8.13. The van der Waals surface area contributed by atoms with Gasteiger partial charge in [-0.25, -0.2) is 8.42 Å². The lowest BCUT2D eigenvalue weighted by molar-refractivity contribution is 0.439. The molecule has 1 aromatic heterocycles. The van der Waals surface area contributed by atoms with E-state index in [0.29, 0.717) is 16.5 Å². The molecule has 1 aliphatic carbocycles. The van der Waals surface area contributed by atoms with Gasteiger partial charge in [-0.05, 0) is 68.4 Å². The molecule has 1 atom stereocenters. The van der Waals surface area contributed by atoms with Gasteiger partial charge < -0.3 is 4.42 Å². The van der Waals surface area contributed by atoms with E-state index in [1.807, 2.05) is 57.2 Å². The van der Waals surface area contributed by atoms with Crippen molar-refractivity contribution in [2.45, 2.75) is 51.9 Å². The lowest BCUT2D eigenvalue weighted by Crippen LogP contribution is -2.15. The van der Waals surface area contributed by atoms with Crippen LogP contribution in [0.4, 0.5) is 5.69 Å². The fourth-order valence-corrected chi connectivity index (χ4v) is 6.16. The van der Waals surface area contributed by atoms with E-state index >= 15 is 0 Å². The van der Waals surface area contributed by atoms with Gasteiger partial charge in [0.05, 0.1) is 10.6 Å². The van der Waals surface area contributed by atoms with Crippen molar-refractivity contribution >= 4 is 37.5 Å². The van der Waals surface area contributed by atoms with Crippen molar-refractivity contribution in [2.24, 2.45) is 5.92 Å². The molecule has 5 rings (SSSR count). The van der Waals surface area contributed by atoms with E-state index in [0.717, 1.165) is 63.5 Å². The molecular weight excluding hydrogens is 406 g/mol. The number of hydrogen-bond acceptors (Lipinski definition) is 3. The fourth-order valence-electron chi connectivity index (χ4n) is 4.78. The summed E-state index contributed by atoms with van der Waals surface area (Å²) in [6, 6.07) is 13.5. The van der Waals surface area contributed by atoms with Crippen molar-refractivity contribution in [1.29, 1.82) is 0 Å². The van der Waals surface area contributed by atoms with Crippen molar-refractivity contribution in [3.05, 3.63) is 70.5 Å². The Hall–Kier alpha value is -2.79. The molecule has 0 saturated heterocycles. The van der Waals surface area contributed by atoms with Crippen molar-refractivity contribution in [1.82, 2.24) is 0 Å². The largest absolute Gasteiger partial charge is 0.460 e. The Morgan fingerprint density at radius 2 is 1.65 bits per heavy atom. The van der Waals surface area contributed by atoms with E-state index in [4.69, 9.17) is 4.42 Å². The Bertz CT molecular complexity index is 1450. The van der Waals surface area contributed by atoms with Crippen LogP contribution in [0.25, 0.3) is 21.7 Å². The molecule has 0 unspecified atom stereocenters. The number of aryl methyl sites for hydroxylation is 4. The first-order valence-corrected chi connectivity index (χ1v) is 12.3. The summed E-state index contributed by atoms with van der Waals surface area (Å²) >= 11 is 0. The molecule has 160 valence electrons. The fraction of sp³-hybridized carbons (Fsp3) is 0.308. The average molecular weight is 434 g/mol. The minimum Gasteiger partial charge on any atom is -0.460 e. The second-order valence-corrected chi connectivity index (χ2v) is 10.7. The molecule has 31 heavy (non-hydrogen) atoms. The van der Waals surface area contributed by atoms with Crippen LogP contribution in [0.2, 0.25) is 0 Å². The van der Waals surface area contributed by atoms with Gasteiger partial charge in [0.15, 0.2) is 0 Å². The molecule has 4 aromatic rings. The van der Waals surface area contributed by atoms with Gasteiger partial charge in [0.2, 0.25) is 0 Å². The number of sulfonamides is 1. The third-order valence-electron chi connectivity index (χ3n) is 6.62. The maximum absolute atomic E-state index is 13.4. The summed E-state index contributed by atoms with van der Waals surface area (Å²) in [6.45, 7) is 8.04. The molecular formula is C26H27NO3S. The smallest absolute Gasteiger partial charge is 0.262 e. The summed E-state index contributed by atoms with van der Waals surface area (Å²) in [4.78, 5) is 0.322. The van der Waals surface area contributed by atoms with Crippen LogP contribution in [0, 0.1) is 26.7 Å². The van der Waals surface area contributed by atoms with Crippen LogP contribution in [-0.4, -0.2) is 8.42 Å². The van der Waals surface area contributed by atoms with Gasteiger partial charge in [-0.1, -0.05) is 37.3 Å². The van der Waals surface area contributed by atoms with Crippen LogP contribution < -0.4 is 4.72 Å². The van der Waals surface area contributed by atoms with Crippen molar-refractivity contribution in [2.75, 3.05) is 4.72 Å². The Morgan fingerprint density at radius 1 is 0.935 bits per heavy atom. The second-order valence-electron chi connectivity index (χ2n) is 9.01. The zero-order valence-electron chi connectivity index (χ0n) is 18.4. The molecule has 0 radical (unpaired) electrons. The highest BCUT2D eigenvalue weighted by Crippen LogP contribution is 2.41. The molecule has 5 heteroatoms. The molecule has 1 aliphatic rings. The van der Waals surface area contributed by atoms with Crippen molar-refractivity contribution in [3.8, 4) is 0 Å². The van der Waals surface area contributed by atoms with Crippen molar-refractivity contribution in [3.63, 3.8) is 0 Å². The molecule has 1 heterocycles. The standard InChI is InChI=1S/C26H27NO3S/c1-15-9-10-24-21(11-15)22-14-23(19-7-5-6-8-20(19)26(22)30-24)27-31(28,29)25-13-17(3)16(2)12-18(25)4/h5-8,12-15,27H,9-11H2,1-4H3/t15-/m0/s1. The van der Waals surface area contributed by atoms with Gasteiger partial charge in [0.1, 0.15) is 11.3 Å². The third kappa shape index (κ3) is 3.32.